The Hall–Kier alpha value is -0.410. The van der Waals surface area contributed by atoms with E-state index >= 15 is 0 Å². The first-order valence-electron chi connectivity index (χ1n) is 5.07. The Morgan fingerprint density at radius 3 is 2.85 bits per heavy atom. The second-order valence-corrected chi connectivity index (χ2v) is 3.97. The smallest absolute Gasteiger partial charge is 0.151 e. The van der Waals surface area contributed by atoms with Gasteiger partial charge in [0.05, 0.1) is 6.10 Å². The molecule has 0 aromatic carbocycles. The molecule has 0 saturated carbocycles. The van der Waals surface area contributed by atoms with Crippen molar-refractivity contribution < 1.29 is 14.3 Å². The molecule has 0 bridgehead atoms. The maximum Gasteiger partial charge on any atom is 0.151 e. The van der Waals surface area contributed by atoms with Gasteiger partial charge < -0.3 is 14.3 Å². The first kappa shape index (κ1) is 9.16. The van der Waals surface area contributed by atoms with E-state index in [2.05, 4.69) is 0 Å². The predicted octanol–water partition coefficient (Wildman–Crippen LogP) is 1.30. The Bertz CT molecular complexity index is 179. The van der Waals surface area contributed by atoms with Crippen LogP contribution in [0.25, 0.3) is 0 Å². The van der Waals surface area contributed by atoms with Crippen molar-refractivity contribution in [2.24, 2.45) is 0 Å². The van der Waals surface area contributed by atoms with E-state index in [0.29, 0.717) is 0 Å². The minimum atomic E-state index is -0.505. The van der Waals surface area contributed by atoms with Crippen LogP contribution in [0.4, 0.5) is 0 Å². The van der Waals surface area contributed by atoms with Gasteiger partial charge in [0.2, 0.25) is 0 Å². The number of hydrogen-bond donors (Lipinski definition) is 0. The van der Waals surface area contributed by atoms with Gasteiger partial charge in [0.1, 0.15) is 5.60 Å². The van der Waals surface area contributed by atoms with E-state index in [4.69, 9.17) is 9.47 Å². The number of hydrogen-bond acceptors (Lipinski definition) is 3. The van der Waals surface area contributed by atoms with E-state index in [0.717, 1.165) is 51.6 Å². The van der Waals surface area contributed by atoms with E-state index < -0.39 is 5.60 Å². The third-order valence-electron chi connectivity index (χ3n) is 2.95. The van der Waals surface area contributed by atoms with Crippen molar-refractivity contribution in [2.45, 2.75) is 43.8 Å². The van der Waals surface area contributed by atoms with Crippen LogP contribution in [0, 0.1) is 0 Å². The number of carbonyl (C=O) groups excluding carboxylic acids is 1. The number of aldehydes is 1. The molecule has 2 atom stereocenters. The van der Waals surface area contributed by atoms with Gasteiger partial charge in [-0.15, -0.1) is 0 Å². The van der Waals surface area contributed by atoms with Crippen molar-refractivity contribution in [3.05, 3.63) is 0 Å². The number of carbonyl (C=O) groups is 1. The lowest BCUT2D eigenvalue weighted by Crippen LogP contribution is -2.34. The molecule has 0 aliphatic carbocycles. The molecular weight excluding hydrogens is 168 g/mol. The monoisotopic (exact) mass is 184 g/mol. The van der Waals surface area contributed by atoms with E-state index in [9.17, 15) is 4.79 Å². The Kier molecular flexibility index (Phi) is 2.65. The minimum absolute atomic E-state index is 0.253. The summed E-state index contributed by atoms with van der Waals surface area (Å²) in [6, 6.07) is 0. The first-order chi connectivity index (χ1) is 6.35. The molecule has 13 heavy (non-hydrogen) atoms. The van der Waals surface area contributed by atoms with Crippen molar-refractivity contribution in [1.29, 1.82) is 0 Å². The normalized spacial score (nSPS) is 39.5. The van der Waals surface area contributed by atoms with Gasteiger partial charge in [-0.3, -0.25) is 0 Å². The summed E-state index contributed by atoms with van der Waals surface area (Å²) >= 11 is 0. The minimum Gasteiger partial charge on any atom is -0.378 e. The van der Waals surface area contributed by atoms with Gasteiger partial charge in [-0.2, -0.15) is 0 Å². The highest BCUT2D eigenvalue weighted by Crippen LogP contribution is 2.31. The van der Waals surface area contributed by atoms with Gasteiger partial charge in [0, 0.05) is 19.6 Å². The third kappa shape index (κ3) is 1.92. The summed E-state index contributed by atoms with van der Waals surface area (Å²) in [6.07, 6.45) is 6.07. The molecule has 0 aromatic heterocycles. The molecule has 0 radical (unpaired) electrons. The van der Waals surface area contributed by atoms with Gasteiger partial charge >= 0.3 is 0 Å². The van der Waals surface area contributed by atoms with Crippen LogP contribution in [-0.2, 0) is 14.3 Å². The van der Waals surface area contributed by atoms with Crippen molar-refractivity contribution in [3.63, 3.8) is 0 Å². The van der Waals surface area contributed by atoms with Crippen LogP contribution in [-0.4, -0.2) is 31.2 Å². The molecule has 2 heterocycles. The molecule has 74 valence electrons. The van der Waals surface area contributed by atoms with Crippen molar-refractivity contribution in [2.75, 3.05) is 13.2 Å². The van der Waals surface area contributed by atoms with Crippen LogP contribution in [0.3, 0.4) is 0 Å². The van der Waals surface area contributed by atoms with Crippen LogP contribution in [0.1, 0.15) is 32.1 Å². The van der Waals surface area contributed by atoms with Crippen molar-refractivity contribution in [1.82, 2.24) is 0 Å². The fourth-order valence-electron chi connectivity index (χ4n) is 2.21. The molecular formula is C10H16O3. The van der Waals surface area contributed by atoms with Crippen LogP contribution in [0.5, 0.6) is 0 Å². The molecule has 2 saturated heterocycles. The fraction of sp³-hybridized carbons (Fsp3) is 0.900. The summed E-state index contributed by atoms with van der Waals surface area (Å²) in [7, 11) is 0. The van der Waals surface area contributed by atoms with Gasteiger partial charge in [-0.25, -0.2) is 0 Å². The molecule has 2 aliphatic rings. The topological polar surface area (TPSA) is 35.5 Å². The zero-order valence-corrected chi connectivity index (χ0v) is 7.83. The molecule has 0 N–H and O–H groups in total. The molecule has 0 spiro atoms. The second kappa shape index (κ2) is 3.76. The Morgan fingerprint density at radius 1 is 1.38 bits per heavy atom. The van der Waals surface area contributed by atoms with Gasteiger partial charge in [0.15, 0.2) is 6.29 Å². The van der Waals surface area contributed by atoms with E-state index in [1.165, 1.54) is 0 Å². The predicted molar refractivity (Wildman–Crippen MR) is 47.6 cm³/mol. The molecule has 2 fully saturated rings. The zero-order valence-electron chi connectivity index (χ0n) is 7.83. The van der Waals surface area contributed by atoms with E-state index in [-0.39, 0.29) is 6.10 Å². The van der Waals surface area contributed by atoms with Gasteiger partial charge in [-0.05, 0) is 25.7 Å². The summed E-state index contributed by atoms with van der Waals surface area (Å²) in [4.78, 5) is 10.9. The maximum absolute atomic E-state index is 10.9. The quantitative estimate of drug-likeness (QED) is 0.620. The summed E-state index contributed by atoms with van der Waals surface area (Å²) in [5, 5.41) is 0. The van der Waals surface area contributed by atoms with E-state index in [1.807, 2.05) is 0 Å². The number of ether oxygens (including phenoxy) is 2. The van der Waals surface area contributed by atoms with Crippen LogP contribution < -0.4 is 0 Å². The standard InChI is InChI=1S/C10H16O3/c11-8-10(4-2-6-13-10)7-9-3-1-5-12-9/h8-9H,1-7H2/t9-,10?/m1/s1. The summed E-state index contributed by atoms with van der Waals surface area (Å²) in [5.41, 5.74) is -0.505. The molecule has 2 aliphatic heterocycles. The second-order valence-electron chi connectivity index (χ2n) is 3.97. The average Bonchev–Trinajstić information content (AvgIpc) is 2.77. The maximum atomic E-state index is 10.9. The highest BCUT2D eigenvalue weighted by Gasteiger charge is 2.38. The van der Waals surface area contributed by atoms with Crippen molar-refractivity contribution in [3.8, 4) is 0 Å². The van der Waals surface area contributed by atoms with Gasteiger partial charge in [0.25, 0.3) is 0 Å². The largest absolute Gasteiger partial charge is 0.378 e. The Balaban J connectivity index is 1.92. The van der Waals surface area contributed by atoms with E-state index in [1.54, 1.807) is 0 Å². The lowest BCUT2D eigenvalue weighted by atomic mass is 9.93. The fourth-order valence-corrected chi connectivity index (χ4v) is 2.21. The highest BCUT2D eigenvalue weighted by molar-refractivity contribution is 5.63. The third-order valence-corrected chi connectivity index (χ3v) is 2.95. The summed E-state index contributed by atoms with van der Waals surface area (Å²) in [5.74, 6) is 0. The summed E-state index contributed by atoms with van der Waals surface area (Å²) in [6.45, 7) is 1.57. The molecule has 3 heteroatoms. The molecule has 2 rings (SSSR count). The highest BCUT2D eigenvalue weighted by atomic mass is 16.5. The van der Waals surface area contributed by atoms with Gasteiger partial charge in [-0.1, -0.05) is 0 Å². The van der Waals surface area contributed by atoms with Crippen LogP contribution >= 0.6 is 0 Å². The SMILES string of the molecule is O=CC1(C[C@H]2CCCO2)CCCO1. The van der Waals surface area contributed by atoms with Crippen molar-refractivity contribution >= 4 is 6.29 Å². The van der Waals surface area contributed by atoms with Crippen LogP contribution in [0.2, 0.25) is 0 Å². The number of rotatable bonds is 3. The lowest BCUT2D eigenvalue weighted by molar-refractivity contribution is -0.129. The average molecular weight is 184 g/mol. The first-order valence-corrected chi connectivity index (χ1v) is 5.07. The van der Waals surface area contributed by atoms with Crippen LogP contribution in [0.15, 0.2) is 0 Å². The zero-order chi connectivity index (χ0) is 9.15. The molecule has 0 aromatic rings. The summed E-state index contributed by atoms with van der Waals surface area (Å²) < 4.78 is 11.0. The Morgan fingerprint density at radius 2 is 2.31 bits per heavy atom. The molecule has 3 nitrogen and oxygen atoms in total. The molecule has 0 amide bonds. The lowest BCUT2D eigenvalue weighted by Gasteiger charge is -2.24. The Labute approximate surface area is 78.4 Å². The molecule has 1 unspecified atom stereocenters.